The van der Waals surface area contributed by atoms with Gasteiger partial charge in [-0.15, -0.1) is 0 Å². The first kappa shape index (κ1) is 48.0. The third-order valence-electron chi connectivity index (χ3n) is 11.6. The van der Waals surface area contributed by atoms with Crippen molar-refractivity contribution in [1.29, 1.82) is 0 Å². The number of benzene rings is 4. The molecule has 0 aliphatic carbocycles. The third kappa shape index (κ3) is 7.02. The molecule has 3 aromatic heterocycles. The van der Waals surface area contributed by atoms with E-state index in [-0.39, 0.29) is 5.35 Å². The highest BCUT2D eigenvalue weighted by Gasteiger charge is 2.36. The Labute approximate surface area is 389 Å². The van der Waals surface area contributed by atoms with Gasteiger partial charge < -0.3 is 15.0 Å². The number of hydrogen-bond acceptors (Lipinski definition) is 2. The maximum absolute atomic E-state index is 16.0. The van der Waals surface area contributed by atoms with Gasteiger partial charge in [-0.2, -0.15) is 0 Å². The fourth-order valence-electron chi connectivity index (χ4n) is 8.29. The summed E-state index contributed by atoms with van der Waals surface area (Å²) in [5.74, 6) is -51.9. The Bertz CT molecular complexity index is 4030. The molecule has 0 saturated carbocycles. The van der Waals surface area contributed by atoms with Gasteiger partial charge >= 0.3 is 0 Å². The topological polar surface area (TPSA) is 72.1 Å². The molecule has 370 valence electrons. The Morgan fingerprint density at radius 1 is 0.288 bits per heavy atom. The first-order valence-electron chi connectivity index (χ1n) is 20.0. The zero-order valence-corrected chi connectivity index (χ0v) is 34.7. The van der Waals surface area contributed by atoms with Gasteiger partial charge in [-0.05, 0) is 54.6 Å². The van der Waals surface area contributed by atoms with Crippen LogP contribution in [0.15, 0.2) is 76.5 Å². The molecule has 0 amide bonds. The lowest BCUT2D eigenvalue weighted by Crippen LogP contribution is -2.23. The molecule has 0 unspecified atom stereocenters. The lowest BCUT2D eigenvalue weighted by Gasteiger charge is -2.14. The van der Waals surface area contributed by atoms with Crippen LogP contribution in [0.2, 0.25) is 0 Å². The minimum atomic E-state index is -2.72. The summed E-state index contributed by atoms with van der Waals surface area (Å²) in [5, 5.41) is -2.68. The van der Waals surface area contributed by atoms with Gasteiger partial charge in [-0.25, -0.2) is 97.8 Å². The molecule has 3 aliphatic heterocycles. The summed E-state index contributed by atoms with van der Waals surface area (Å²) in [6.07, 6.45) is 3.80. The number of allylic oxidation sites excluding steroid dienone is 3. The SMILES string of the molecule is Fc1c(F)c(F)c(C2=C3C=CC(=N3)C(c3c(F)c(F)c(F)c(F)c3F)=c3ccc([nH]3)=C3C=CC(=N3)C(c3c(F)c(F)c(F)c(F)c3F)=c3ccc([nH]3)=C(c3c(F)c(F)c(F)c(F)c3F)c3c[nH]c2c3)c(F)c1F. The molecular formula is C48H13F20N5. The highest BCUT2D eigenvalue weighted by molar-refractivity contribution is 6.32. The molecule has 25 heteroatoms. The van der Waals surface area contributed by atoms with E-state index in [9.17, 15) is 35.1 Å². The maximum Gasteiger partial charge on any atom is 0.200 e. The average molecular weight is 1040 g/mol. The number of fused-ring (bicyclic) bond motifs is 8. The molecule has 3 N–H and O–H groups in total. The summed E-state index contributed by atoms with van der Waals surface area (Å²) in [4.78, 5) is 15.3. The van der Waals surface area contributed by atoms with Gasteiger partial charge in [-0.1, -0.05) is 0 Å². The summed E-state index contributed by atoms with van der Waals surface area (Å²) in [6, 6.07) is 3.87. The van der Waals surface area contributed by atoms with E-state index >= 15 is 52.7 Å². The molecule has 0 atom stereocenters. The molecule has 4 aromatic carbocycles. The molecule has 0 saturated heterocycles. The number of aromatic amines is 3. The van der Waals surface area contributed by atoms with E-state index in [0.717, 1.165) is 36.4 Å². The van der Waals surface area contributed by atoms with Gasteiger partial charge in [0, 0.05) is 55.8 Å². The molecule has 5 nitrogen and oxygen atoms in total. The van der Waals surface area contributed by atoms with Crippen molar-refractivity contribution < 1.29 is 87.8 Å². The van der Waals surface area contributed by atoms with Gasteiger partial charge in [0.1, 0.15) is 0 Å². The second-order valence-electron chi connectivity index (χ2n) is 15.6. The molecule has 0 radical (unpaired) electrons. The van der Waals surface area contributed by atoms with Crippen molar-refractivity contribution in [1.82, 2.24) is 15.0 Å². The maximum atomic E-state index is 16.0. The first-order valence-corrected chi connectivity index (χ1v) is 20.0. The lowest BCUT2D eigenvalue weighted by atomic mass is 9.95. The van der Waals surface area contributed by atoms with E-state index in [0.29, 0.717) is 24.4 Å². The molecule has 0 fully saturated rings. The monoisotopic (exact) mass is 1040 g/mol. The summed E-state index contributed by atoms with van der Waals surface area (Å²) >= 11 is 0. The number of aromatic nitrogens is 3. The van der Waals surface area contributed by atoms with E-state index in [2.05, 4.69) is 24.9 Å². The van der Waals surface area contributed by atoms with Crippen LogP contribution in [-0.2, 0) is 0 Å². The van der Waals surface area contributed by atoms with Crippen molar-refractivity contribution >= 4 is 39.4 Å². The lowest BCUT2D eigenvalue weighted by molar-refractivity contribution is 0.376. The quantitative estimate of drug-likeness (QED) is 0.0894. The Hall–Kier alpha value is -8.64. The Kier molecular flexibility index (Phi) is 11.2. The number of hydrogen-bond donors (Lipinski definition) is 3. The molecule has 6 heterocycles. The second-order valence-corrected chi connectivity index (χ2v) is 15.6. The van der Waals surface area contributed by atoms with Crippen LogP contribution >= 0.6 is 0 Å². The van der Waals surface area contributed by atoms with Crippen LogP contribution in [0.3, 0.4) is 0 Å². The van der Waals surface area contributed by atoms with Crippen LogP contribution in [0.1, 0.15) is 33.5 Å². The molecule has 10 rings (SSSR count). The van der Waals surface area contributed by atoms with Crippen LogP contribution < -0.4 is 21.4 Å². The van der Waals surface area contributed by atoms with Gasteiger partial charge in [-0.3, -0.25) is 0 Å². The molecule has 73 heavy (non-hydrogen) atoms. The normalized spacial score (nSPS) is 14.5. The number of H-pyrrole nitrogens is 3. The van der Waals surface area contributed by atoms with E-state index in [1.807, 2.05) is 0 Å². The molecule has 7 aromatic rings. The second kappa shape index (κ2) is 17.0. The van der Waals surface area contributed by atoms with Crippen molar-refractivity contribution in [3.05, 3.63) is 238 Å². The fourth-order valence-corrected chi connectivity index (χ4v) is 8.29. The predicted octanol–water partition coefficient (Wildman–Crippen LogP) is 9.70. The van der Waals surface area contributed by atoms with Crippen molar-refractivity contribution in [2.24, 2.45) is 9.98 Å². The standard InChI is InChI=1S/C48H13F20N5/c49-29-25(30(50)38(58)45(65)37(29)57)21-11-9-20(69-10-11)24(28-35(55)43(63)48(68)44(64)36(28)56)19-8-7-18(73-19)23(27-33(53)41(61)47(67)42(62)34(27)54)16-4-2-13(71-16)12-1-3-15(70-12)22(17-6-5-14(21)72-17)26-31(51)39(59)46(66)40(60)32(26)52/h1-10,69,71-72H. The average Bonchev–Trinajstić information content (AvgIpc) is 4.26. The van der Waals surface area contributed by atoms with Crippen molar-refractivity contribution in [2.45, 2.75) is 0 Å². The number of halogens is 20. The van der Waals surface area contributed by atoms with E-state index < -0.39 is 211 Å². The number of aliphatic imine (C=N–C) groups is 2. The summed E-state index contributed by atoms with van der Waals surface area (Å²) in [7, 11) is 0. The van der Waals surface area contributed by atoms with E-state index in [4.69, 9.17) is 0 Å². The molecule has 3 aliphatic rings. The van der Waals surface area contributed by atoms with E-state index in [1.165, 1.54) is 0 Å². The van der Waals surface area contributed by atoms with Crippen LogP contribution in [0.4, 0.5) is 87.8 Å². The van der Waals surface area contributed by atoms with Crippen LogP contribution in [0, 0.1) is 116 Å². The Morgan fingerprint density at radius 2 is 0.575 bits per heavy atom. The van der Waals surface area contributed by atoms with Gasteiger partial charge in [0.05, 0.1) is 50.4 Å². The third-order valence-corrected chi connectivity index (χ3v) is 11.6. The highest BCUT2D eigenvalue weighted by atomic mass is 19.2. The molecule has 0 spiro atoms. The summed E-state index contributed by atoms with van der Waals surface area (Å²) in [6.45, 7) is 0. The van der Waals surface area contributed by atoms with E-state index in [1.54, 1.807) is 0 Å². The highest BCUT2D eigenvalue weighted by Crippen LogP contribution is 2.40. The van der Waals surface area contributed by atoms with Gasteiger partial charge in [0.15, 0.2) is 93.1 Å². The number of rotatable bonds is 4. The fraction of sp³-hybridized carbons (Fsp3) is 0. The van der Waals surface area contributed by atoms with Crippen LogP contribution in [0.25, 0.3) is 28.0 Å². The Morgan fingerprint density at radius 3 is 0.973 bits per heavy atom. The van der Waals surface area contributed by atoms with Crippen molar-refractivity contribution in [3.8, 4) is 0 Å². The smallest absolute Gasteiger partial charge is 0.200 e. The van der Waals surface area contributed by atoms with Gasteiger partial charge in [0.25, 0.3) is 0 Å². The van der Waals surface area contributed by atoms with Crippen LogP contribution in [-0.4, -0.2) is 26.4 Å². The van der Waals surface area contributed by atoms with Crippen LogP contribution in [0.5, 0.6) is 0 Å². The van der Waals surface area contributed by atoms with Gasteiger partial charge in [0.2, 0.25) is 23.3 Å². The largest absolute Gasteiger partial charge is 0.360 e. The predicted molar refractivity (Wildman–Crippen MR) is 215 cm³/mol. The summed E-state index contributed by atoms with van der Waals surface area (Å²) < 4.78 is 305. The number of nitrogens with zero attached hydrogens (tertiary/aromatic N) is 2. The summed E-state index contributed by atoms with van der Waals surface area (Å²) in [5.41, 5.74) is -16.8. The molecule has 10 bridgehead atoms. The van der Waals surface area contributed by atoms with Crippen molar-refractivity contribution in [2.75, 3.05) is 0 Å². The van der Waals surface area contributed by atoms with Crippen molar-refractivity contribution in [3.63, 3.8) is 0 Å². The number of nitrogens with one attached hydrogen (secondary N) is 3. The first-order chi connectivity index (χ1) is 34.5. The zero-order valence-electron chi connectivity index (χ0n) is 34.7. The minimum absolute atomic E-state index is 0.342. The Balaban J connectivity index is 1.44. The molecular weight excluding hydrogens is 1030 g/mol. The minimum Gasteiger partial charge on any atom is -0.360 e. The zero-order chi connectivity index (χ0) is 52.5.